The summed E-state index contributed by atoms with van der Waals surface area (Å²) in [5.41, 5.74) is 3.64. The van der Waals surface area contributed by atoms with Crippen molar-refractivity contribution in [3.63, 3.8) is 0 Å². The fourth-order valence-electron chi connectivity index (χ4n) is 3.65. The van der Waals surface area contributed by atoms with Gasteiger partial charge in [-0.05, 0) is 53.8 Å². The van der Waals surface area contributed by atoms with Crippen LogP contribution in [0.2, 0.25) is 0 Å². The number of rotatable bonds is 7. The van der Waals surface area contributed by atoms with Gasteiger partial charge in [-0.3, -0.25) is 4.79 Å². The fraction of sp³-hybridized carbons (Fsp3) is 0.476. The average Bonchev–Trinajstić information content (AvgIpc) is 3.27. The number of hydrogen-bond donors (Lipinski definition) is 1. The number of benzene rings is 1. The van der Waals surface area contributed by atoms with Gasteiger partial charge < -0.3 is 5.32 Å². The Hall–Kier alpha value is -1.70. The van der Waals surface area contributed by atoms with E-state index in [-0.39, 0.29) is 18.4 Å². The molecule has 152 valence electrons. The Bertz CT molecular complexity index is 908. The first-order valence-corrected chi connectivity index (χ1v) is 12.2. The number of hydrogen-bond acceptors (Lipinski definition) is 4. The van der Waals surface area contributed by atoms with Crippen LogP contribution in [0.15, 0.2) is 39.9 Å². The molecule has 28 heavy (non-hydrogen) atoms. The van der Waals surface area contributed by atoms with Crippen molar-refractivity contribution in [3.05, 3.63) is 52.4 Å². The monoisotopic (exact) mass is 420 g/mol. The highest BCUT2D eigenvalue weighted by atomic mass is 32.2. The van der Waals surface area contributed by atoms with Crippen LogP contribution in [0, 0.1) is 5.92 Å². The molecule has 0 radical (unpaired) electrons. The predicted octanol–water partition coefficient (Wildman–Crippen LogP) is 3.59. The molecule has 5 nitrogen and oxygen atoms in total. The number of carbonyl (C=O) groups is 1. The normalized spacial score (nSPS) is 18.1. The number of piperidine rings is 1. The Morgan fingerprint density at radius 2 is 2.04 bits per heavy atom. The van der Waals surface area contributed by atoms with Gasteiger partial charge in [0, 0.05) is 19.6 Å². The molecule has 1 aromatic carbocycles. The molecule has 0 spiro atoms. The minimum atomic E-state index is -3.50. The summed E-state index contributed by atoms with van der Waals surface area (Å²) in [6, 6.07) is 9.79. The largest absolute Gasteiger partial charge is 0.352 e. The second-order valence-electron chi connectivity index (χ2n) is 7.16. The summed E-state index contributed by atoms with van der Waals surface area (Å²) in [4.78, 5) is 12.8. The summed E-state index contributed by atoms with van der Waals surface area (Å²) in [5.74, 6) is -0.363. The maximum absolute atomic E-state index is 12.8. The molecule has 1 atom stereocenters. The van der Waals surface area contributed by atoms with Gasteiger partial charge >= 0.3 is 0 Å². The molecule has 1 saturated heterocycles. The number of nitrogens with one attached hydrogen (secondary N) is 1. The van der Waals surface area contributed by atoms with Crippen molar-refractivity contribution >= 4 is 27.3 Å². The second kappa shape index (κ2) is 9.20. The van der Waals surface area contributed by atoms with E-state index in [2.05, 4.69) is 37.4 Å². The van der Waals surface area contributed by atoms with Crippen molar-refractivity contribution < 1.29 is 13.2 Å². The highest BCUT2D eigenvalue weighted by Gasteiger charge is 2.33. The molecule has 0 bridgehead atoms. The van der Waals surface area contributed by atoms with E-state index in [9.17, 15) is 13.2 Å². The summed E-state index contributed by atoms with van der Waals surface area (Å²) in [6.45, 7) is 5.45. The van der Waals surface area contributed by atoms with Crippen LogP contribution in [-0.2, 0) is 34.2 Å². The molecule has 2 aromatic rings. The Kier molecular flexibility index (Phi) is 6.91. The molecular formula is C21H28N2O3S2. The molecule has 1 amide bonds. The van der Waals surface area contributed by atoms with E-state index < -0.39 is 10.0 Å². The summed E-state index contributed by atoms with van der Waals surface area (Å²) in [6.07, 6.45) is 3.31. The molecule has 1 fully saturated rings. The Morgan fingerprint density at radius 3 is 2.71 bits per heavy atom. The Morgan fingerprint density at radius 1 is 1.21 bits per heavy atom. The quantitative estimate of drug-likeness (QED) is 0.744. The van der Waals surface area contributed by atoms with Crippen LogP contribution in [0.1, 0.15) is 43.4 Å². The second-order valence-corrected chi connectivity index (χ2v) is 10.3. The van der Waals surface area contributed by atoms with Crippen LogP contribution in [-0.4, -0.2) is 31.7 Å². The lowest BCUT2D eigenvalue weighted by Crippen LogP contribution is -2.45. The molecular weight excluding hydrogens is 392 g/mol. The third-order valence-electron chi connectivity index (χ3n) is 5.36. The van der Waals surface area contributed by atoms with Crippen LogP contribution in [0.25, 0.3) is 0 Å². The van der Waals surface area contributed by atoms with Gasteiger partial charge in [-0.25, -0.2) is 8.42 Å². The number of thiophene rings is 1. The van der Waals surface area contributed by atoms with Crippen LogP contribution < -0.4 is 5.32 Å². The van der Waals surface area contributed by atoms with Gasteiger partial charge in [-0.2, -0.15) is 4.31 Å². The Labute approximate surface area is 171 Å². The van der Waals surface area contributed by atoms with Gasteiger partial charge in [0.2, 0.25) is 5.91 Å². The molecule has 2 heterocycles. The number of carbonyl (C=O) groups excluding carboxylic acids is 1. The standard InChI is InChI=1S/C21H28N2O3S2/c1-3-16-9-10-17(4-2)19(13-16)14-22-21(24)18-7-5-11-23(15-18)28(25,26)20-8-6-12-27-20/h6,8-10,12-13,18H,3-5,7,11,14-15H2,1-2H3,(H,22,24)/t18-/m0/s1. The summed E-state index contributed by atoms with van der Waals surface area (Å²) >= 11 is 1.22. The number of amides is 1. The lowest BCUT2D eigenvalue weighted by Gasteiger charge is -2.30. The van der Waals surface area contributed by atoms with Crippen LogP contribution in [0.4, 0.5) is 0 Å². The predicted molar refractivity (Wildman–Crippen MR) is 113 cm³/mol. The smallest absolute Gasteiger partial charge is 0.252 e. The maximum Gasteiger partial charge on any atom is 0.252 e. The minimum Gasteiger partial charge on any atom is -0.352 e. The maximum atomic E-state index is 12.8. The zero-order chi connectivity index (χ0) is 20.1. The highest BCUT2D eigenvalue weighted by Crippen LogP contribution is 2.26. The number of sulfonamides is 1. The first-order valence-electron chi connectivity index (χ1n) is 9.87. The van der Waals surface area contributed by atoms with E-state index in [1.165, 1.54) is 26.8 Å². The average molecular weight is 421 g/mol. The third-order valence-corrected chi connectivity index (χ3v) is 8.60. The van der Waals surface area contributed by atoms with Gasteiger partial charge in [0.05, 0.1) is 5.92 Å². The minimum absolute atomic E-state index is 0.0602. The summed E-state index contributed by atoms with van der Waals surface area (Å²) in [7, 11) is -3.50. The van der Waals surface area contributed by atoms with E-state index in [0.717, 1.165) is 24.8 Å². The molecule has 0 aliphatic carbocycles. The summed E-state index contributed by atoms with van der Waals surface area (Å²) < 4.78 is 27.3. The summed E-state index contributed by atoms with van der Waals surface area (Å²) in [5, 5.41) is 4.80. The van der Waals surface area contributed by atoms with E-state index in [0.29, 0.717) is 23.7 Å². The fourth-order valence-corrected chi connectivity index (χ4v) is 6.32. The number of aryl methyl sites for hydroxylation is 2. The molecule has 1 N–H and O–H groups in total. The van der Waals surface area contributed by atoms with E-state index in [4.69, 9.17) is 0 Å². The van der Waals surface area contributed by atoms with Crippen molar-refractivity contribution in [2.75, 3.05) is 13.1 Å². The zero-order valence-corrected chi connectivity index (χ0v) is 18.1. The van der Waals surface area contributed by atoms with Crippen LogP contribution in [0.3, 0.4) is 0 Å². The lowest BCUT2D eigenvalue weighted by atomic mass is 9.97. The zero-order valence-electron chi connectivity index (χ0n) is 16.5. The highest BCUT2D eigenvalue weighted by molar-refractivity contribution is 7.91. The molecule has 1 aliphatic rings. The number of nitrogens with zero attached hydrogens (tertiary/aromatic N) is 1. The third kappa shape index (κ3) is 4.64. The van der Waals surface area contributed by atoms with E-state index in [1.807, 2.05) is 0 Å². The van der Waals surface area contributed by atoms with Gasteiger partial charge in [-0.1, -0.05) is 38.1 Å². The molecule has 0 saturated carbocycles. The molecule has 1 aromatic heterocycles. The van der Waals surface area contributed by atoms with Crippen LogP contribution >= 0.6 is 11.3 Å². The van der Waals surface area contributed by atoms with Gasteiger partial charge in [-0.15, -0.1) is 11.3 Å². The Balaban J connectivity index is 1.65. The van der Waals surface area contributed by atoms with Crippen molar-refractivity contribution in [2.45, 2.75) is 50.3 Å². The first kappa shape index (κ1) is 21.0. The first-order chi connectivity index (χ1) is 13.5. The lowest BCUT2D eigenvalue weighted by molar-refractivity contribution is -0.126. The van der Waals surface area contributed by atoms with E-state index >= 15 is 0 Å². The van der Waals surface area contributed by atoms with Gasteiger partial charge in [0.15, 0.2) is 0 Å². The van der Waals surface area contributed by atoms with Crippen molar-refractivity contribution in [1.29, 1.82) is 0 Å². The van der Waals surface area contributed by atoms with Crippen molar-refractivity contribution in [2.24, 2.45) is 5.92 Å². The van der Waals surface area contributed by atoms with Gasteiger partial charge in [0.25, 0.3) is 10.0 Å². The SMILES string of the molecule is CCc1ccc(CC)c(CNC(=O)[C@H]2CCCN(S(=O)(=O)c3cccs3)C2)c1. The van der Waals surface area contributed by atoms with Crippen LogP contribution in [0.5, 0.6) is 0 Å². The topological polar surface area (TPSA) is 66.5 Å². The van der Waals surface area contributed by atoms with Crippen molar-refractivity contribution in [3.8, 4) is 0 Å². The molecule has 1 aliphatic heterocycles. The molecule has 3 rings (SSSR count). The molecule has 7 heteroatoms. The van der Waals surface area contributed by atoms with E-state index in [1.54, 1.807) is 17.5 Å². The van der Waals surface area contributed by atoms with Gasteiger partial charge in [0.1, 0.15) is 4.21 Å². The molecule has 0 unspecified atom stereocenters. The van der Waals surface area contributed by atoms with Crippen molar-refractivity contribution in [1.82, 2.24) is 9.62 Å².